The summed E-state index contributed by atoms with van der Waals surface area (Å²) in [6.45, 7) is 11.1. The molecule has 4 heteroatoms. The first-order valence-electron chi connectivity index (χ1n) is 6.94. The van der Waals surface area contributed by atoms with Gasteiger partial charge in [0.15, 0.2) is 0 Å². The second-order valence-electron chi connectivity index (χ2n) is 6.44. The van der Waals surface area contributed by atoms with Gasteiger partial charge < -0.3 is 15.4 Å². The largest absolute Gasteiger partial charge is 0.374 e. The van der Waals surface area contributed by atoms with Crippen LogP contribution >= 0.6 is 0 Å². The topological polar surface area (TPSA) is 55.6 Å². The Bertz CT molecular complexity index is 276. The van der Waals surface area contributed by atoms with Crippen molar-refractivity contribution in [1.82, 2.24) is 4.90 Å². The molecule has 0 unspecified atom stereocenters. The number of hydrogen-bond acceptors (Lipinski definition) is 3. The van der Waals surface area contributed by atoms with Crippen molar-refractivity contribution in [1.29, 1.82) is 0 Å². The third-order valence-corrected chi connectivity index (χ3v) is 3.53. The van der Waals surface area contributed by atoms with Crippen LogP contribution in [0.1, 0.15) is 47.0 Å². The van der Waals surface area contributed by atoms with Crippen molar-refractivity contribution in [3.8, 4) is 0 Å². The van der Waals surface area contributed by atoms with Crippen molar-refractivity contribution in [3.05, 3.63) is 0 Å². The van der Waals surface area contributed by atoms with Gasteiger partial charge in [-0.05, 0) is 25.2 Å². The van der Waals surface area contributed by atoms with Gasteiger partial charge in [0.2, 0.25) is 5.91 Å². The number of piperidine rings is 1. The molecule has 4 nitrogen and oxygen atoms in total. The van der Waals surface area contributed by atoms with E-state index in [1.807, 2.05) is 11.8 Å². The van der Waals surface area contributed by atoms with E-state index < -0.39 is 0 Å². The Balaban J connectivity index is 2.50. The van der Waals surface area contributed by atoms with Gasteiger partial charge in [-0.25, -0.2) is 0 Å². The highest BCUT2D eigenvalue weighted by Crippen LogP contribution is 2.27. The van der Waals surface area contributed by atoms with Crippen LogP contribution in [0.2, 0.25) is 0 Å². The molecular weight excluding hydrogens is 228 g/mol. The third kappa shape index (κ3) is 4.25. The number of carbonyl (C=O) groups excluding carboxylic acids is 1. The molecule has 106 valence electrons. The second-order valence-corrected chi connectivity index (χ2v) is 6.44. The van der Waals surface area contributed by atoms with Crippen molar-refractivity contribution in [2.45, 2.75) is 52.6 Å². The number of hydrogen-bond donors (Lipinski definition) is 1. The molecule has 1 saturated heterocycles. The van der Waals surface area contributed by atoms with E-state index in [0.717, 1.165) is 25.9 Å². The highest BCUT2D eigenvalue weighted by Gasteiger charge is 2.35. The first-order chi connectivity index (χ1) is 8.32. The van der Waals surface area contributed by atoms with Crippen molar-refractivity contribution in [2.75, 3.05) is 26.2 Å². The van der Waals surface area contributed by atoms with Crippen LogP contribution in [0.5, 0.6) is 0 Å². The molecule has 1 heterocycles. The summed E-state index contributed by atoms with van der Waals surface area (Å²) in [7, 11) is 0. The lowest BCUT2D eigenvalue weighted by molar-refractivity contribution is -0.139. The minimum Gasteiger partial charge on any atom is -0.374 e. The van der Waals surface area contributed by atoms with Crippen molar-refractivity contribution in [2.24, 2.45) is 11.1 Å². The summed E-state index contributed by atoms with van der Waals surface area (Å²) in [6, 6.07) is 0. The van der Waals surface area contributed by atoms with Crippen LogP contribution < -0.4 is 5.73 Å². The Hall–Kier alpha value is -0.610. The Morgan fingerprint density at radius 1 is 1.33 bits per heavy atom. The predicted octanol–water partition coefficient (Wildman–Crippen LogP) is 1.78. The Morgan fingerprint density at radius 2 is 1.89 bits per heavy atom. The lowest BCUT2D eigenvalue weighted by Gasteiger charge is -2.41. The summed E-state index contributed by atoms with van der Waals surface area (Å²) in [5, 5.41) is 0. The van der Waals surface area contributed by atoms with Crippen molar-refractivity contribution < 1.29 is 9.53 Å². The molecule has 0 aliphatic carbocycles. The van der Waals surface area contributed by atoms with Gasteiger partial charge in [-0.15, -0.1) is 0 Å². The molecule has 0 aromatic heterocycles. The SMILES string of the molecule is CCOC1(CN)CCN(C(=O)CC(C)(C)C)CC1. The fourth-order valence-corrected chi connectivity index (χ4v) is 2.44. The van der Waals surface area contributed by atoms with Gasteiger partial charge in [-0.1, -0.05) is 20.8 Å². The quantitative estimate of drug-likeness (QED) is 0.834. The average Bonchev–Trinajstić information content (AvgIpc) is 2.28. The van der Waals surface area contributed by atoms with Crippen LogP contribution in [-0.2, 0) is 9.53 Å². The van der Waals surface area contributed by atoms with Crippen LogP contribution in [0.4, 0.5) is 0 Å². The number of rotatable bonds is 4. The molecule has 1 rings (SSSR count). The van der Waals surface area contributed by atoms with E-state index in [1.54, 1.807) is 0 Å². The lowest BCUT2D eigenvalue weighted by Crippen LogP contribution is -2.52. The fraction of sp³-hybridized carbons (Fsp3) is 0.929. The van der Waals surface area contributed by atoms with Crippen molar-refractivity contribution in [3.63, 3.8) is 0 Å². The number of carbonyl (C=O) groups is 1. The van der Waals surface area contributed by atoms with Crippen LogP contribution in [-0.4, -0.2) is 42.6 Å². The van der Waals surface area contributed by atoms with Gasteiger partial charge in [0.1, 0.15) is 0 Å². The van der Waals surface area contributed by atoms with E-state index >= 15 is 0 Å². The van der Waals surface area contributed by atoms with Gasteiger partial charge in [0.25, 0.3) is 0 Å². The molecule has 1 aliphatic heterocycles. The van der Waals surface area contributed by atoms with E-state index in [2.05, 4.69) is 20.8 Å². The monoisotopic (exact) mass is 256 g/mol. The molecule has 0 radical (unpaired) electrons. The maximum absolute atomic E-state index is 12.1. The zero-order valence-corrected chi connectivity index (χ0v) is 12.3. The first-order valence-corrected chi connectivity index (χ1v) is 6.94. The first kappa shape index (κ1) is 15.4. The van der Waals surface area contributed by atoms with Crippen LogP contribution in [0.3, 0.4) is 0 Å². The standard InChI is InChI=1S/C14H28N2O2/c1-5-18-14(11-15)6-8-16(9-7-14)12(17)10-13(2,3)4/h5-11,15H2,1-4H3. The Kier molecular flexibility index (Phi) is 5.17. The molecule has 0 bridgehead atoms. The molecule has 1 amide bonds. The zero-order chi connectivity index (χ0) is 13.8. The molecular formula is C14H28N2O2. The van der Waals surface area contributed by atoms with E-state index in [0.29, 0.717) is 19.6 Å². The van der Waals surface area contributed by atoms with E-state index in [4.69, 9.17) is 10.5 Å². The summed E-state index contributed by atoms with van der Waals surface area (Å²) in [5.41, 5.74) is 5.67. The molecule has 1 aliphatic rings. The molecule has 18 heavy (non-hydrogen) atoms. The number of amides is 1. The fourth-order valence-electron chi connectivity index (χ4n) is 2.44. The van der Waals surface area contributed by atoms with Crippen LogP contribution in [0, 0.1) is 5.41 Å². The predicted molar refractivity (Wildman–Crippen MR) is 73.3 cm³/mol. The highest BCUT2D eigenvalue weighted by molar-refractivity contribution is 5.76. The molecule has 0 aromatic carbocycles. The molecule has 0 aromatic rings. The number of nitrogens with two attached hydrogens (primary N) is 1. The maximum Gasteiger partial charge on any atom is 0.223 e. The lowest BCUT2D eigenvalue weighted by atomic mass is 9.88. The summed E-state index contributed by atoms with van der Waals surface area (Å²) in [6.07, 6.45) is 2.32. The smallest absolute Gasteiger partial charge is 0.223 e. The molecule has 0 spiro atoms. The number of likely N-dealkylation sites (tertiary alicyclic amines) is 1. The number of nitrogens with zero attached hydrogens (tertiary/aromatic N) is 1. The normalized spacial score (nSPS) is 19.9. The van der Waals surface area contributed by atoms with Gasteiger partial charge in [0.05, 0.1) is 5.60 Å². The minimum atomic E-state index is -0.201. The summed E-state index contributed by atoms with van der Waals surface area (Å²) >= 11 is 0. The van der Waals surface area contributed by atoms with Crippen LogP contribution in [0.25, 0.3) is 0 Å². The van der Waals surface area contributed by atoms with Gasteiger partial charge in [0, 0.05) is 32.7 Å². The second kappa shape index (κ2) is 6.02. The maximum atomic E-state index is 12.1. The molecule has 1 fully saturated rings. The summed E-state index contributed by atoms with van der Waals surface area (Å²) in [4.78, 5) is 14.1. The summed E-state index contributed by atoms with van der Waals surface area (Å²) in [5.74, 6) is 0.254. The van der Waals surface area contributed by atoms with E-state index in [9.17, 15) is 4.79 Å². The van der Waals surface area contributed by atoms with Crippen LogP contribution in [0.15, 0.2) is 0 Å². The molecule has 0 saturated carbocycles. The molecule has 0 atom stereocenters. The van der Waals surface area contributed by atoms with Gasteiger partial charge >= 0.3 is 0 Å². The average molecular weight is 256 g/mol. The number of ether oxygens (including phenoxy) is 1. The minimum absolute atomic E-state index is 0.0550. The van der Waals surface area contributed by atoms with E-state index in [-0.39, 0.29) is 16.9 Å². The Morgan fingerprint density at radius 3 is 2.28 bits per heavy atom. The van der Waals surface area contributed by atoms with Gasteiger partial charge in [-0.2, -0.15) is 0 Å². The summed E-state index contributed by atoms with van der Waals surface area (Å²) < 4.78 is 5.79. The van der Waals surface area contributed by atoms with E-state index in [1.165, 1.54) is 0 Å². The van der Waals surface area contributed by atoms with Crippen molar-refractivity contribution >= 4 is 5.91 Å². The Labute approximate surface area is 111 Å². The molecule has 2 N–H and O–H groups in total. The zero-order valence-electron chi connectivity index (χ0n) is 12.3. The van der Waals surface area contributed by atoms with Gasteiger partial charge in [-0.3, -0.25) is 4.79 Å². The third-order valence-electron chi connectivity index (χ3n) is 3.53. The highest BCUT2D eigenvalue weighted by atomic mass is 16.5.